The van der Waals surface area contributed by atoms with E-state index in [1.54, 1.807) is 13.1 Å². The molecule has 1 heterocycles. The molecule has 0 aliphatic carbocycles. The van der Waals surface area contributed by atoms with Crippen LogP contribution < -0.4 is 5.32 Å². The molecule has 0 spiro atoms. The van der Waals surface area contributed by atoms with Crippen molar-refractivity contribution >= 4 is 33.2 Å². The molecule has 1 N–H and O–H groups in total. The fraction of sp³-hybridized carbons (Fsp3) is 0.588. The van der Waals surface area contributed by atoms with Crippen LogP contribution >= 0.6 is 11.6 Å². The molecule has 1 unspecified atom stereocenters. The smallest absolute Gasteiger partial charge is 0.241 e. The number of benzene rings is 1. The zero-order valence-electron chi connectivity index (χ0n) is 15.1. The van der Waals surface area contributed by atoms with Gasteiger partial charge in [-0.2, -0.15) is 0 Å². The summed E-state index contributed by atoms with van der Waals surface area (Å²) in [6, 6.07) is 5.14. The van der Waals surface area contributed by atoms with E-state index in [-0.39, 0.29) is 18.0 Å². The first kappa shape index (κ1) is 20.2. The van der Waals surface area contributed by atoms with E-state index in [1.165, 1.54) is 10.6 Å². The minimum absolute atomic E-state index is 0.00307. The summed E-state index contributed by atoms with van der Waals surface area (Å²) in [4.78, 5) is 14.6. The first-order valence-electron chi connectivity index (χ1n) is 8.34. The van der Waals surface area contributed by atoms with E-state index in [0.717, 1.165) is 24.1 Å². The van der Waals surface area contributed by atoms with Gasteiger partial charge in [-0.3, -0.25) is 9.69 Å². The lowest BCUT2D eigenvalue weighted by atomic mass is 10.0. The maximum Gasteiger partial charge on any atom is 0.241 e. The second kappa shape index (κ2) is 8.03. The van der Waals surface area contributed by atoms with Gasteiger partial charge in [-0.25, -0.2) is 12.7 Å². The Morgan fingerprint density at radius 1 is 1.36 bits per heavy atom. The van der Waals surface area contributed by atoms with Gasteiger partial charge in [0.25, 0.3) is 0 Å². The molecule has 1 saturated heterocycles. The molecular weight excluding hydrogens is 362 g/mol. The van der Waals surface area contributed by atoms with E-state index < -0.39 is 10.0 Å². The zero-order valence-corrected chi connectivity index (χ0v) is 16.7. The third-order valence-electron chi connectivity index (χ3n) is 4.99. The Bertz CT molecular complexity index is 731. The van der Waals surface area contributed by atoms with E-state index in [9.17, 15) is 13.2 Å². The van der Waals surface area contributed by atoms with Gasteiger partial charge >= 0.3 is 0 Å². The van der Waals surface area contributed by atoms with Gasteiger partial charge in [0, 0.05) is 36.9 Å². The first-order chi connectivity index (χ1) is 11.6. The van der Waals surface area contributed by atoms with Crippen molar-refractivity contribution < 1.29 is 13.2 Å². The number of carbonyl (C=O) groups is 1. The van der Waals surface area contributed by atoms with Crippen molar-refractivity contribution in [3.05, 3.63) is 28.8 Å². The SMILES string of the molecule is Cc1c(Cl)cccc1NC(=O)C(C)N1CCC(N(C)S(C)(=O)=O)CC1. The van der Waals surface area contributed by atoms with Crippen LogP contribution in [0.15, 0.2) is 18.2 Å². The van der Waals surface area contributed by atoms with Crippen molar-refractivity contribution in [2.24, 2.45) is 0 Å². The zero-order chi connectivity index (χ0) is 18.8. The number of hydrogen-bond acceptors (Lipinski definition) is 4. The van der Waals surface area contributed by atoms with E-state index in [1.807, 2.05) is 26.0 Å². The van der Waals surface area contributed by atoms with Crippen molar-refractivity contribution in [2.75, 3.05) is 31.7 Å². The summed E-state index contributed by atoms with van der Waals surface area (Å²) in [5.74, 6) is -0.0831. The molecule has 0 bridgehead atoms. The number of hydrogen-bond donors (Lipinski definition) is 1. The minimum Gasteiger partial charge on any atom is -0.324 e. The molecule has 0 saturated carbocycles. The second-order valence-corrected chi connectivity index (χ2v) is 9.07. The number of likely N-dealkylation sites (tertiary alicyclic amines) is 1. The molecule has 2 rings (SSSR count). The van der Waals surface area contributed by atoms with Gasteiger partial charge in [0.15, 0.2) is 0 Å². The van der Waals surface area contributed by atoms with E-state index in [0.29, 0.717) is 18.1 Å². The van der Waals surface area contributed by atoms with Crippen molar-refractivity contribution in [3.63, 3.8) is 0 Å². The quantitative estimate of drug-likeness (QED) is 0.841. The van der Waals surface area contributed by atoms with E-state index in [2.05, 4.69) is 10.2 Å². The number of rotatable bonds is 5. The highest BCUT2D eigenvalue weighted by molar-refractivity contribution is 7.88. The summed E-state index contributed by atoms with van der Waals surface area (Å²) in [7, 11) is -1.56. The normalized spacial score (nSPS) is 18.3. The van der Waals surface area contributed by atoms with Crippen LogP contribution in [0.1, 0.15) is 25.3 Å². The Morgan fingerprint density at radius 3 is 2.52 bits per heavy atom. The third-order valence-corrected chi connectivity index (χ3v) is 6.74. The molecule has 6 nitrogen and oxygen atoms in total. The van der Waals surface area contributed by atoms with E-state index in [4.69, 9.17) is 11.6 Å². The van der Waals surface area contributed by atoms with Gasteiger partial charge in [-0.1, -0.05) is 17.7 Å². The largest absolute Gasteiger partial charge is 0.324 e. The van der Waals surface area contributed by atoms with Crippen LogP contribution in [0.5, 0.6) is 0 Å². The number of nitrogens with one attached hydrogen (secondary N) is 1. The molecule has 1 aliphatic rings. The number of anilines is 1. The van der Waals surface area contributed by atoms with Gasteiger partial charge in [0.05, 0.1) is 12.3 Å². The van der Waals surface area contributed by atoms with Gasteiger partial charge < -0.3 is 5.32 Å². The summed E-state index contributed by atoms with van der Waals surface area (Å²) in [5.41, 5.74) is 1.56. The fourth-order valence-corrected chi connectivity index (χ4v) is 3.98. The first-order valence-corrected chi connectivity index (χ1v) is 10.6. The third kappa shape index (κ3) is 4.94. The standard InChI is InChI=1S/C17H26ClN3O3S/c1-12-15(18)6-5-7-16(12)19-17(22)13(2)21-10-8-14(9-11-21)20(3)25(4,23)24/h5-7,13-14H,8-11H2,1-4H3,(H,19,22). The lowest BCUT2D eigenvalue weighted by molar-refractivity contribution is -0.121. The lowest BCUT2D eigenvalue weighted by Crippen LogP contribution is -2.50. The van der Waals surface area contributed by atoms with Crippen LogP contribution in [0.25, 0.3) is 0 Å². The van der Waals surface area contributed by atoms with Gasteiger partial charge in [-0.15, -0.1) is 0 Å². The maximum atomic E-state index is 12.5. The Morgan fingerprint density at radius 2 is 1.96 bits per heavy atom. The van der Waals surface area contributed by atoms with Crippen molar-refractivity contribution in [2.45, 2.75) is 38.8 Å². The second-order valence-electron chi connectivity index (χ2n) is 6.62. The highest BCUT2D eigenvalue weighted by atomic mass is 35.5. The molecule has 0 aromatic heterocycles. The number of sulfonamides is 1. The predicted octanol–water partition coefficient (Wildman–Crippen LogP) is 2.33. The lowest BCUT2D eigenvalue weighted by Gasteiger charge is -2.38. The van der Waals surface area contributed by atoms with Crippen LogP contribution in [0.4, 0.5) is 5.69 Å². The fourth-order valence-electron chi connectivity index (χ4n) is 3.05. The molecule has 0 radical (unpaired) electrons. The maximum absolute atomic E-state index is 12.5. The van der Waals surface area contributed by atoms with Gasteiger partial charge in [0.2, 0.25) is 15.9 Å². The Kier molecular flexibility index (Phi) is 6.48. The Hall–Kier alpha value is -1.15. The molecule has 1 aromatic carbocycles. The number of amides is 1. The molecule has 1 aromatic rings. The van der Waals surface area contributed by atoms with Crippen molar-refractivity contribution in [1.29, 1.82) is 0 Å². The minimum atomic E-state index is -3.18. The summed E-state index contributed by atoms with van der Waals surface area (Å²) >= 11 is 6.09. The number of nitrogens with zero attached hydrogens (tertiary/aromatic N) is 2. The summed E-state index contributed by atoms with van der Waals surface area (Å²) in [6.07, 6.45) is 2.66. The van der Waals surface area contributed by atoms with Crippen molar-refractivity contribution in [1.82, 2.24) is 9.21 Å². The molecule has 140 valence electrons. The van der Waals surface area contributed by atoms with E-state index >= 15 is 0 Å². The van der Waals surface area contributed by atoms with Gasteiger partial charge in [-0.05, 0) is 44.4 Å². The summed E-state index contributed by atoms with van der Waals surface area (Å²) in [6.45, 7) is 5.12. The monoisotopic (exact) mass is 387 g/mol. The van der Waals surface area contributed by atoms with Crippen LogP contribution in [0.2, 0.25) is 5.02 Å². The molecule has 1 aliphatic heterocycles. The predicted molar refractivity (Wildman–Crippen MR) is 101 cm³/mol. The number of carbonyl (C=O) groups excluding carboxylic acids is 1. The molecule has 1 fully saturated rings. The molecule has 8 heteroatoms. The molecule has 1 amide bonds. The average molecular weight is 388 g/mol. The highest BCUT2D eigenvalue weighted by Gasteiger charge is 2.31. The molecule has 1 atom stereocenters. The average Bonchev–Trinajstić information content (AvgIpc) is 2.57. The Labute approximate surface area is 155 Å². The summed E-state index contributed by atoms with van der Waals surface area (Å²) < 4.78 is 24.7. The van der Waals surface area contributed by atoms with Crippen LogP contribution in [0.3, 0.4) is 0 Å². The molecule has 25 heavy (non-hydrogen) atoms. The van der Waals surface area contributed by atoms with Gasteiger partial charge in [0.1, 0.15) is 0 Å². The van der Waals surface area contributed by atoms with Crippen LogP contribution in [0, 0.1) is 6.92 Å². The highest BCUT2D eigenvalue weighted by Crippen LogP contribution is 2.24. The summed E-state index contributed by atoms with van der Waals surface area (Å²) in [5, 5.41) is 3.56. The van der Waals surface area contributed by atoms with Crippen molar-refractivity contribution in [3.8, 4) is 0 Å². The molecular formula is C17H26ClN3O3S. The Balaban J connectivity index is 1.94. The topological polar surface area (TPSA) is 69.7 Å². The number of piperidine rings is 1. The van der Waals surface area contributed by atoms with Crippen LogP contribution in [-0.4, -0.2) is 62.0 Å². The number of halogens is 1. The van der Waals surface area contributed by atoms with Crippen LogP contribution in [-0.2, 0) is 14.8 Å².